The molecule has 2 amide bonds. The molecule has 0 aliphatic carbocycles. The number of ether oxygens (including phenoxy) is 1. The molecule has 2 aromatic carbocycles. The summed E-state index contributed by atoms with van der Waals surface area (Å²) in [6.07, 6.45) is 4.13. The van der Waals surface area contributed by atoms with E-state index in [1.54, 1.807) is 12.0 Å². The highest BCUT2D eigenvalue weighted by molar-refractivity contribution is 5.86. The van der Waals surface area contributed by atoms with Crippen LogP contribution in [0.1, 0.15) is 42.0 Å². The summed E-state index contributed by atoms with van der Waals surface area (Å²) in [7, 11) is 1.66. The molecule has 2 aliphatic rings. The molecule has 0 bridgehead atoms. The molecule has 2 aliphatic heterocycles. The highest BCUT2D eigenvalue weighted by Crippen LogP contribution is 2.33. The Kier molecular flexibility index (Phi) is 5.84. The molecule has 0 aromatic heterocycles. The van der Waals surface area contributed by atoms with Crippen LogP contribution in [-0.4, -0.2) is 48.4 Å². The van der Waals surface area contributed by atoms with Crippen molar-refractivity contribution in [2.75, 3.05) is 26.7 Å². The first-order valence-electron chi connectivity index (χ1n) is 10.4. The fourth-order valence-electron chi connectivity index (χ4n) is 4.42. The van der Waals surface area contributed by atoms with Gasteiger partial charge in [-0.05, 0) is 54.5 Å². The highest BCUT2D eigenvalue weighted by atomic mass is 16.5. The van der Waals surface area contributed by atoms with Crippen molar-refractivity contribution in [3.63, 3.8) is 0 Å². The van der Waals surface area contributed by atoms with Crippen LogP contribution in [0, 0.1) is 0 Å². The first kappa shape index (κ1) is 19.5. The van der Waals surface area contributed by atoms with Crippen molar-refractivity contribution in [2.45, 2.75) is 38.1 Å². The van der Waals surface area contributed by atoms with Crippen molar-refractivity contribution >= 4 is 11.8 Å². The minimum absolute atomic E-state index is 0.00412. The second-order valence-electron chi connectivity index (χ2n) is 7.88. The summed E-state index contributed by atoms with van der Waals surface area (Å²) < 4.78 is 5.18. The molecule has 0 N–H and O–H groups in total. The number of methoxy groups -OCH3 is 1. The van der Waals surface area contributed by atoms with Gasteiger partial charge in [0.25, 0.3) is 0 Å². The van der Waals surface area contributed by atoms with Gasteiger partial charge >= 0.3 is 0 Å². The van der Waals surface area contributed by atoms with Crippen LogP contribution in [-0.2, 0) is 22.4 Å². The third-order valence-electron chi connectivity index (χ3n) is 6.07. The minimum Gasteiger partial charge on any atom is -0.497 e. The number of nitrogens with zero attached hydrogens (tertiary/aromatic N) is 2. The molecule has 4 rings (SSSR count). The zero-order valence-electron chi connectivity index (χ0n) is 17.0. The molecule has 0 radical (unpaired) electrons. The highest BCUT2D eigenvalue weighted by Gasteiger charge is 2.38. The van der Waals surface area contributed by atoms with Gasteiger partial charge in [0.15, 0.2) is 0 Å². The molecule has 29 heavy (non-hydrogen) atoms. The number of aryl methyl sites for hydroxylation is 1. The van der Waals surface area contributed by atoms with E-state index in [0.29, 0.717) is 13.0 Å². The topological polar surface area (TPSA) is 49.9 Å². The third-order valence-corrected chi connectivity index (χ3v) is 6.07. The molecular weight excluding hydrogens is 364 g/mol. The van der Waals surface area contributed by atoms with E-state index in [0.717, 1.165) is 38.0 Å². The van der Waals surface area contributed by atoms with Crippen LogP contribution in [0.15, 0.2) is 48.5 Å². The lowest BCUT2D eigenvalue weighted by Crippen LogP contribution is -2.55. The number of hydrogen-bond donors (Lipinski definition) is 0. The van der Waals surface area contributed by atoms with Crippen LogP contribution < -0.4 is 4.74 Å². The number of carbonyl (C=O) groups excluding carboxylic acids is 2. The molecule has 0 spiro atoms. The van der Waals surface area contributed by atoms with Gasteiger partial charge in [-0.3, -0.25) is 9.59 Å². The molecular formula is C24H28N2O3. The summed E-state index contributed by atoms with van der Waals surface area (Å²) in [5, 5.41) is 0. The van der Waals surface area contributed by atoms with Gasteiger partial charge in [-0.1, -0.05) is 36.4 Å². The second-order valence-corrected chi connectivity index (χ2v) is 7.88. The number of piperazine rings is 1. The Hall–Kier alpha value is -2.82. The van der Waals surface area contributed by atoms with Crippen LogP contribution in [0.2, 0.25) is 0 Å². The Balaban J connectivity index is 1.30. The van der Waals surface area contributed by atoms with Crippen molar-refractivity contribution in [2.24, 2.45) is 0 Å². The summed E-state index contributed by atoms with van der Waals surface area (Å²) in [5.41, 5.74) is 3.75. The monoisotopic (exact) mass is 392 g/mol. The molecule has 5 nitrogen and oxygen atoms in total. The molecule has 1 unspecified atom stereocenters. The Morgan fingerprint density at radius 1 is 1.10 bits per heavy atom. The Morgan fingerprint density at radius 3 is 2.69 bits per heavy atom. The first-order valence-corrected chi connectivity index (χ1v) is 10.4. The average molecular weight is 392 g/mol. The lowest BCUT2D eigenvalue weighted by atomic mass is 9.90. The zero-order valence-corrected chi connectivity index (χ0v) is 17.0. The minimum atomic E-state index is 0.00412. The quantitative estimate of drug-likeness (QED) is 0.708. The Morgan fingerprint density at radius 2 is 1.90 bits per heavy atom. The molecule has 1 fully saturated rings. The molecule has 5 heteroatoms. The third kappa shape index (κ3) is 4.29. The van der Waals surface area contributed by atoms with Gasteiger partial charge in [-0.2, -0.15) is 0 Å². The number of amides is 2. The maximum absolute atomic E-state index is 12.8. The molecule has 2 heterocycles. The van der Waals surface area contributed by atoms with E-state index in [9.17, 15) is 9.59 Å². The van der Waals surface area contributed by atoms with E-state index in [4.69, 9.17) is 4.74 Å². The fourth-order valence-corrected chi connectivity index (χ4v) is 4.42. The number of carbonyl (C=O) groups is 2. The van der Waals surface area contributed by atoms with E-state index >= 15 is 0 Å². The molecule has 1 atom stereocenters. The van der Waals surface area contributed by atoms with Gasteiger partial charge in [0.1, 0.15) is 5.75 Å². The van der Waals surface area contributed by atoms with Gasteiger partial charge in [0.2, 0.25) is 11.8 Å². The SMILES string of the molecule is COc1ccc(CCCCC(=O)N2CC(=O)N3CCc4ccccc4C3C2)cc1. The van der Waals surface area contributed by atoms with Crippen LogP contribution >= 0.6 is 0 Å². The summed E-state index contributed by atoms with van der Waals surface area (Å²) in [6.45, 7) is 1.58. The average Bonchev–Trinajstić information content (AvgIpc) is 2.76. The predicted molar refractivity (Wildman–Crippen MR) is 112 cm³/mol. The van der Waals surface area contributed by atoms with Crippen LogP contribution in [0.3, 0.4) is 0 Å². The maximum Gasteiger partial charge on any atom is 0.242 e. The fraction of sp³-hybridized carbons (Fsp3) is 0.417. The van der Waals surface area contributed by atoms with Crippen molar-refractivity contribution in [3.05, 3.63) is 65.2 Å². The zero-order chi connectivity index (χ0) is 20.2. The van der Waals surface area contributed by atoms with Gasteiger partial charge < -0.3 is 14.5 Å². The molecule has 152 valence electrons. The summed E-state index contributed by atoms with van der Waals surface area (Å²) in [6, 6.07) is 16.4. The number of unbranched alkanes of at least 4 members (excludes halogenated alkanes) is 1. The number of rotatable bonds is 6. The van der Waals surface area contributed by atoms with Gasteiger partial charge in [-0.25, -0.2) is 0 Å². The van der Waals surface area contributed by atoms with Crippen molar-refractivity contribution in [1.82, 2.24) is 9.80 Å². The summed E-state index contributed by atoms with van der Waals surface area (Å²) in [4.78, 5) is 29.1. The van der Waals surface area contributed by atoms with Gasteiger partial charge in [0, 0.05) is 19.5 Å². The van der Waals surface area contributed by atoms with E-state index in [1.165, 1.54) is 16.7 Å². The van der Waals surface area contributed by atoms with Crippen molar-refractivity contribution < 1.29 is 14.3 Å². The van der Waals surface area contributed by atoms with E-state index < -0.39 is 0 Å². The van der Waals surface area contributed by atoms with Crippen LogP contribution in [0.5, 0.6) is 5.75 Å². The first-order chi connectivity index (χ1) is 14.2. The Labute approximate surface area is 172 Å². The predicted octanol–water partition coefficient (Wildman–Crippen LogP) is 3.38. The molecule has 2 aromatic rings. The van der Waals surface area contributed by atoms with E-state index in [2.05, 4.69) is 24.3 Å². The lowest BCUT2D eigenvalue weighted by Gasteiger charge is -2.44. The number of fused-ring (bicyclic) bond motifs is 3. The van der Waals surface area contributed by atoms with Crippen molar-refractivity contribution in [3.8, 4) is 5.75 Å². The van der Waals surface area contributed by atoms with Gasteiger partial charge in [-0.15, -0.1) is 0 Å². The van der Waals surface area contributed by atoms with Crippen molar-refractivity contribution in [1.29, 1.82) is 0 Å². The standard InChI is InChI=1S/C24H28N2O3/c1-29-20-12-10-18(11-13-20)6-2-5-9-23(27)25-16-22-21-8-4-3-7-19(21)14-15-26(22)24(28)17-25/h3-4,7-8,10-13,22H,2,5-6,9,14-17H2,1H3. The Bertz CT molecular complexity index is 878. The normalized spacial score (nSPS) is 18.2. The molecule has 1 saturated heterocycles. The number of benzene rings is 2. The van der Waals surface area contributed by atoms with E-state index in [-0.39, 0.29) is 24.4 Å². The number of hydrogen-bond acceptors (Lipinski definition) is 3. The lowest BCUT2D eigenvalue weighted by molar-refractivity contribution is -0.149. The smallest absolute Gasteiger partial charge is 0.242 e. The van der Waals surface area contributed by atoms with Crippen LogP contribution in [0.25, 0.3) is 0 Å². The van der Waals surface area contributed by atoms with Gasteiger partial charge in [0.05, 0.1) is 19.7 Å². The van der Waals surface area contributed by atoms with Crippen LogP contribution in [0.4, 0.5) is 0 Å². The largest absolute Gasteiger partial charge is 0.497 e. The maximum atomic E-state index is 12.8. The molecule has 0 saturated carbocycles. The van der Waals surface area contributed by atoms with E-state index in [1.807, 2.05) is 29.2 Å². The summed E-state index contributed by atoms with van der Waals surface area (Å²) >= 11 is 0. The summed E-state index contributed by atoms with van der Waals surface area (Å²) in [5.74, 6) is 1.02. The second kappa shape index (κ2) is 8.68.